The Labute approximate surface area is 179 Å². The quantitative estimate of drug-likeness (QED) is 0.404. The molecule has 0 saturated carbocycles. The summed E-state index contributed by atoms with van der Waals surface area (Å²) in [5.41, 5.74) is 9.33. The van der Waals surface area contributed by atoms with E-state index >= 15 is 0 Å². The van der Waals surface area contributed by atoms with Crippen LogP contribution in [-0.2, 0) is 6.42 Å². The molecule has 0 fully saturated rings. The van der Waals surface area contributed by atoms with Gasteiger partial charge in [-0.3, -0.25) is 9.36 Å². The van der Waals surface area contributed by atoms with E-state index in [2.05, 4.69) is 46.7 Å². The van der Waals surface area contributed by atoms with Crippen molar-refractivity contribution in [1.82, 2.24) is 9.55 Å². The highest BCUT2D eigenvalue weighted by Gasteiger charge is 2.18. The van der Waals surface area contributed by atoms with Crippen LogP contribution in [0.5, 0.6) is 0 Å². The highest BCUT2D eigenvalue weighted by Crippen LogP contribution is 2.37. The Bertz CT molecular complexity index is 1450. The lowest BCUT2D eigenvalue weighted by Gasteiger charge is -2.08. The molecule has 0 spiro atoms. The third-order valence-electron chi connectivity index (χ3n) is 5.90. The average molecular weight is 401 g/mol. The zero-order chi connectivity index (χ0) is 20.8. The lowest BCUT2D eigenvalue weighted by atomic mass is 10.1. The van der Waals surface area contributed by atoms with Crippen LogP contribution in [0, 0.1) is 0 Å². The highest BCUT2D eigenvalue weighted by atomic mass is 16.1. The average Bonchev–Trinajstić information content (AvgIpc) is 3.40. The maximum atomic E-state index is 12.9. The van der Waals surface area contributed by atoms with Crippen molar-refractivity contribution in [2.24, 2.45) is 0 Å². The first-order valence-electron chi connectivity index (χ1n) is 10.3. The van der Waals surface area contributed by atoms with E-state index in [1.54, 1.807) is 6.33 Å². The molecule has 0 atom stereocenters. The summed E-state index contributed by atoms with van der Waals surface area (Å²) >= 11 is 0. The van der Waals surface area contributed by atoms with Gasteiger partial charge < -0.3 is 5.32 Å². The van der Waals surface area contributed by atoms with Gasteiger partial charge in [-0.15, -0.1) is 0 Å². The third-order valence-corrected chi connectivity index (χ3v) is 5.90. The molecule has 0 radical (unpaired) electrons. The van der Waals surface area contributed by atoms with Crippen molar-refractivity contribution in [3.63, 3.8) is 0 Å². The van der Waals surface area contributed by atoms with E-state index in [9.17, 15) is 4.79 Å². The fourth-order valence-electron chi connectivity index (χ4n) is 4.37. The van der Waals surface area contributed by atoms with Crippen LogP contribution in [0.15, 0.2) is 97.3 Å². The van der Waals surface area contributed by atoms with E-state index < -0.39 is 0 Å². The second-order valence-corrected chi connectivity index (χ2v) is 7.81. The zero-order valence-corrected chi connectivity index (χ0v) is 16.7. The van der Waals surface area contributed by atoms with Crippen LogP contribution in [0.1, 0.15) is 21.5 Å². The number of carbonyl (C=O) groups excluding carboxylic acids is 1. The van der Waals surface area contributed by atoms with Crippen LogP contribution in [-0.4, -0.2) is 15.5 Å². The minimum Gasteiger partial charge on any atom is -0.322 e. The molecule has 6 rings (SSSR count). The normalized spacial score (nSPS) is 11.9. The first-order valence-corrected chi connectivity index (χ1v) is 10.3. The van der Waals surface area contributed by atoms with Gasteiger partial charge >= 0.3 is 0 Å². The van der Waals surface area contributed by atoms with Crippen molar-refractivity contribution in [2.45, 2.75) is 6.42 Å². The Hall–Kier alpha value is -4.18. The molecule has 4 nitrogen and oxygen atoms in total. The molecule has 1 heterocycles. The summed E-state index contributed by atoms with van der Waals surface area (Å²) in [7, 11) is 0. The fourth-order valence-corrected chi connectivity index (χ4v) is 4.37. The van der Waals surface area contributed by atoms with E-state index in [1.165, 1.54) is 22.3 Å². The molecule has 1 aliphatic rings. The molecule has 0 aliphatic heterocycles. The smallest absolute Gasteiger partial charge is 0.255 e. The number of para-hydroxylation sites is 1. The minimum absolute atomic E-state index is 0.133. The number of nitrogens with one attached hydrogen (secondary N) is 1. The predicted molar refractivity (Wildman–Crippen MR) is 124 cm³/mol. The van der Waals surface area contributed by atoms with Crippen molar-refractivity contribution in [3.8, 4) is 16.8 Å². The van der Waals surface area contributed by atoms with Crippen LogP contribution >= 0.6 is 0 Å². The maximum absolute atomic E-state index is 12.9. The molecular weight excluding hydrogens is 382 g/mol. The topological polar surface area (TPSA) is 46.9 Å². The Balaban J connectivity index is 1.27. The van der Waals surface area contributed by atoms with Gasteiger partial charge in [-0.25, -0.2) is 4.98 Å². The second kappa shape index (κ2) is 6.96. The number of imidazole rings is 1. The minimum atomic E-state index is -0.133. The van der Waals surface area contributed by atoms with Gasteiger partial charge in [0.05, 0.1) is 11.0 Å². The van der Waals surface area contributed by atoms with Crippen molar-refractivity contribution in [1.29, 1.82) is 0 Å². The Kier molecular flexibility index (Phi) is 3.96. The number of rotatable bonds is 3. The summed E-state index contributed by atoms with van der Waals surface area (Å²) in [6, 6.07) is 30.3. The van der Waals surface area contributed by atoms with Crippen molar-refractivity contribution in [3.05, 3.63) is 114 Å². The van der Waals surface area contributed by atoms with Gasteiger partial charge in [0.15, 0.2) is 0 Å². The summed E-state index contributed by atoms with van der Waals surface area (Å²) in [4.78, 5) is 17.4. The number of aromatic nitrogens is 2. The van der Waals surface area contributed by atoms with Crippen LogP contribution in [0.4, 0.5) is 5.69 Å². The number of anilines is 1. The van der Waals surface area contributed by atoms with Crippen LogP contribution in [0.3, 0.4) is 0 Å². The molecule has 1 aromatic heterocycles. The Morgan fingerprint density at radius 1 is 0.806 bits per heavy atom. The number of amides is 1. The zero-order valence-electron chi connectivity index (χ0n) is 16.7. The largest absolute Gasteiger partial charge is 0.322 e. The third kappa shape index (κ3) is 3.01. The summed E-state index contributed by atoms with van der Waals surface area (Å²) in [6.07, 6.45) is 2.69. The molecule has 31 heavy (non-hydrogen) atoms. The molecule has 5 aromatic rings. The molecule has 0 saturated heterocycles. The summed E-state index contributed by atoms with van der Waals surface area (Å²) in [5.74, 6) is -0.133. The first kappa shape index (κ1) is 17.7. The van der Waals surface area contributed by atoms with E-state index in [0.717, 1.165) is 28.8 Å². The van der Waals surface area contributed by atoms with Crippen LogP contribution < -0.4 is 5.32 Å². The summed E-state index contributed by atoms with van der Waals surface area (Å²) in [5, 5.41) is 3.04. The molecule has 1 aliphatic carbocycles. The van der Waals surface area contributed by atoms with Crippen molar-refractivity contribution in [2.75, 3.05) is 5.32 Å². The SMILES string of the molecule is O=C(Nc1ccc2c(c1)Cc1ccccc1-2)c1ccc2c(c1)ncn2-c1ccccc1. The summed E-state index contributed by atoms with van der Waals surface area (Å²) < 4.78 is 2.02. The van der Waals surface area contributed by atoms with E-state index in [-0.39, 0.29) is 5.91 Å². The number of hydrogen-bond acceptors (Lipinski definition) is 2. The van der Waals surface area contributed by atoms with Crippen molar-refractivity contribution >= 4 is 22.6 Å². The number of benzene rings is 4. The molecular formula is C27H19N3O. The molecule has 1 amide bonds. The standard InChI is InChI=1S/C27H19N3O/c31-27(29-21-11-12-24-20(15-21)14-18-6-4-5-9-23(18)24)19-10-13-26-25(16-19)28-17-30(26)22-7-2-1-3-8-22/h1-13,15-17H,14H2,(H,29,31). The first-order chi connectivity index (χ1) is 15.3. The molecule has 1 N–H and O–H groups in total. The van der Waals surface area contributed by atoms with Gasteiger partial charge in [-0.2, -0.15) is 0 Å². The van der Waals surface area contributed by atoms with Gasteiger partial charge in [0.2, 0.25) is 0 Å². The van der Waals surface area contributed by atoms with Gasteiger partial charge in [0.25, 0.3) is 5.91 Å². The molecule has 0 unspecified atom stereocenters. The number of hydrogen-bond donors (Lipinski definition) is 1. The van der Waals surface area contributed by atoms with Gasteiger partial charge in [0.1, 0.15) is 6.33 Å². The lowest BCUT2D eigenvalue weighted by Crippen LogP contribution is -2.12. The maximum Gasteiger partial charge on any atom is 0.255 e. The molecule has 0 bridgehead atoms. The second-order valence-electron chi connectivity index (χ2n) is 7.81. The number of nitrogens with zero attached hydrogens (tertiary/aromatic N) is 2. The van der Waals surface area contributed by atoms with Gasteiger partial charge in [0, 0.05) is 16.9 Å². The summed E-state index contributed by atoms with van der Waals surface area (Å²) in [6.45, 7) is 0. The Morgan fingerprint density at radius 2 is 1.61 bits per heavy atom. The number of fused-ring (bicyclic) bond motifs is 4. The lowest BCUT2D eigenvalue weighted by molar-refractivity contribution is 0.102. The Morgan fingerprint density at radius 3 is 2.52 bits per heavy atom. The molecule has 148 valence electrons. The molecule has 4 aromatic carbocycles. The highest BCUT2D eigenvalue weighted by molar-refractivity contribution is 6.06. The predicted octanol–water partition coefficient (Wildman–Crippen LogP) is 5.85. The van der Waals surface area contributed by atoms with Crippen LogP contribution in [0.2, 0.25) is 0 Å². The van der Waals surface area contributed by atoms with Gasteiger partial charge in [-0.05, 0) is 71.1 Å². The van der Waals surface area contributed by atoms with E-state index in [1.807, 2.05) is 59.2 Å². The van der Waals surface area contributed by atoms with Crippen LogP contribution in [0.25, 0.3) is 27.8 Å². The van der Waals surface area contributed by atoms with Crippen molar-refractivity contribution < 1.29 is 4.79 Å². The van der Waals surface area contributed by atoms with E-state index in [0.29, 0.717) is 5.56 Å². The number of carbonyl (C=O) groups is 1. The molecule has 4 heteroatoms. The fraction of sp³-hybridized carbons (Fsp3) is 0.0370. The van der Waals surface area contributed by atoms with Gasteiger partial charge in [-0.1, -0.05) is 48.5 Å². The monoisotopic (exact) mass is 401 g/mol. The van der Waals surface area contributed by atoms with E-state index in [4.69, 9.17) is 0 Å².